The van der Waals surface area contributed by atoms with E-state index in [-0.39, 0.29) is 18.2 Å². The van der Waals surface area contributed by atoms with Gasteiger partial charge in [0.2, 0.25) is 11.8 Å². The summed E-state index contributed by atoms with van der Waals surface area (Å²) in [6.07, 6.45) is -0.209. The summed E-state index contributed by atoms with van der Waals surface area (Å²) in [6, 6.07) is 13.3. The molecule has 0 aliphatic rings. The Hall–Kier alpha value is -3.02. The van der Waals surface area contributed by atoms with Crippen molar-refractivity contribution in [2.45, 2.75) is 26.4 Å². The van der Waals surface area contributed by atoms with Gasteiger partial charge in [0, 0.05) is 13.1 Å². The van der Waals surface area contributed by atoms with E-state index in [2.05, 4.69) is 10.6 Å². The summed E-state index contributed by atoms with van der Waals surface area (Å²) in [7, 11) is 3.12. The lowest BCUT2D eigenvalue weighted by Gasteiger charge is -2.10. The first kappa shape index (κ1) is 19.3. The number of amides is 2. The minimum atomic E-state index is -0.332. The Labute approximate surface area is 153 Å². The van der Waals surface area contributed by atoms with E-state index in [0.717, 1.165) is 16.7 Å². The third-order valence-corrected chi connectivity index (χ3v) is 3.83. The molecule has 2 aromatic rings. The Morgan fingerprint density at radius 2 is 1.46 bits per heavy atom. The molecule has 0 fully saturated rings. The maximum atomic E-state index is 11.9. The van der Waals surface area contributed by atoms with E-state index in [1.165, 1.54) is 0 Å². The van der Waals surface area contributed by atoms with Gasteiger partial charge in [-0.15, -0.1) is 0 Å². The van der Waals surface area contributed by atoms with Crippen molar-refractivity contribution in [2.24, 2.45) is 0 Å². The Bertz CT molecular complexity index is 774. The van der Waals surface area contributed by atoms with Gasteiger partial charge in [0.05, 0.1) is 14.2 Å². The van der Waals surface area contributed by atoms with Crippen LogP contribution in [0.2, 0.25) is 0 Å². The summed E-state index contributed by atoms with van der Waals surface area (Å²) < 4.78 is 10.4. The number of methoxy groups -OCH3 is 2. The molecule has 0 aliphatic carbocycles. The van der Waals surface area contributed by atoms with Crippen LogP contribution in [-0.4, -0.2) is 26.0 Å². The molecule has 26 heavy (non-hydrogen) atoms. The smallest absolute Gasteiger partial charge is 0.229 e. The summed E-state index contributed by atoms with van der Waals surface area (Å²) in [4.78, 5) is 23.8. The molecule has 0 spiro atoms. The first-order valence-electron chi connectivity index (χ1n) is 8.31. The monoisotopic (exact) mass is 356 g/mol. The summed E-state index contributed by atoms with van der Waals surface area (Å²) >= 11 is 0. The third-order valence-electron chi connectivity index (χ3n) is 3.83. The lowest BCUT2D eigenvalue weighted by molar-refractivity contribution is -0.129. The van der Waals surface area contributed by atoms with E-state index >= 15 is 0 Å². The lowest BCUT2D eigenvalue weighted by Crippen LogP contribution is -2.31. The fourth-order valence-electron chi connectivity index (χ4n) is 2.48. The van der Waals surface area contributed by atoms with E-state index in [1.807, 2.05) is 37.3 Å². The van der Waals surface area contributed by atoms with Crippen molar-refractivity contribution in [3.05, 3.63) is 59.2 Å². The van der Waals surface area contributed by atoms with Crippen molar-refractivity contribution in [1.82, 2.24) is 10.6 Å². The molecule has 2 amide bonds. The van der Waals surface area contributed by atoms with Crippen molar-refractivity contribution in [3.8, 4) is 11.5 Å². The van der Waals surface area contributed by atoms with Crippen LogP contribution >= 0.6 is 0 Å². The van der Waals surface area contributed by atoms with Crippen LogP contribution < -0.4 is 20.1 Å². The molecule has 0 saturated carbocycles. The van der Waals surface area contributed by atoms with Gasteiger partial charge in [-0.1, -0.05) is 35.9 Å². The van der Waals surface area contributed by atoms with E-state index in [9.17, 15) is 9.59 Å². The molecule has 2 rings (SSSR count). The largest absolute Gasteiger partial charge is 0.493 e. The molecule has 0 unspecified atom stereocenters. The molecule has 0 heterocycles. The standard InChI is InChI=1S/C20H24N2O4/c1-14-5-4-6-15(9-14)12-21-19(23)11-20(24)22-13-16-7-8-17(25-2)18(10-16)26-3/h4-10H,11-13H2,1-3H3,(H,21,23)(H,22,24). The second-order valence-corrected chi connectivity index (χ2v) is 5.91. The zero-order valence-electron chi connectivity index (χ0n) is 15.3. The maximum Gasteiger partial charge on any atom is 0.229 e. The van der Waals surface area contributed by atoms with Gasteiger partial charge in [0.25, 0.3) is 0 Å². The van der Waals surface area contributed by atoms with Crippen LogP contribution in [-0.2, 0) is 22.7 Å². The second-order valence-electron chi connectivity index (χ2n) is 5.91. The van der Waals surface area contributed by atoms with Gasteiger partial charge in [-0.25, -0.2) is 0 Å². The molecule has 2 N–H and O–H groups in total. The number of carbonyl (C=O) groups is 2. The first-order chi connectivity index (χ1) is 12.5. The molecule has 6 nitrogen and oxygen atoms in total. The van der Waals surface area contributed by atoms with E-state index in [0.29, 0.717) is 24.6 Å². The van der Waals surface area contributed by atoms with Gasteiger partial charge < -0.3 is 20.1 Å². The van der Waals surface area contributed by atoms with E-state index < -0.39 is 0 Å². The molecular formula is C20H24N2O4. The zero-order valence-corrected chi connectivity index (χ0v) is 15.3. The third kappa shape index (κ3) is 5.81. The van der Waals surface area contributed by atoms with Crippen LogP contribution in [0.5, 0.6) is 11.5 Å². The minimum Gasteiger partial charge on any atom is -0.493 e. The molecule has 0 aliphatic heterocycles. The topological polar surface area (TPSA) is 76.7 Å². The van der Waals surface area contributed by atoms with Crippen LogP contribution in [0.1, 0.15) is 23.1 Å². The fraction of sp³-hybridized carbons (Fsp3) is 0.300. The van der Waals surface area contributed by atoms with Gasteiger partial charge in [0.1, 0.15) is 6.42 Å². The molecule has 0 radical (unpaired) electrons. The van der Waals surface area contributed by atoms with Crippen LogP contribution in [0.3, 0.4) is 0 Å². The zero-order chi connectivity index (χ0) is 18.9. The number of ether oxygens (including phenoxy) is 2. The van der Waals surface area contributed by atoms with Crippen LogP contribution in [0.25, 0.3) is 0 Å². The normalized spacial score (nSPS) is 10.1. The first-order valence-corrected chi connectivity index (χ1v) is 8.31. The van der Waals surface area contributed by atoms with Gasteiger partial charge in [-0.2, -0.15) is 0 Å². The number of hydrogen-bond acceptors (Lipinski definition) is 4. The Morgan fingerprint density at radius 3 is 2.04 bits per heavy atom. The Balaban J connectivity index is 1.78. The van der Waals surface area contributed by atoms with Crippen molar-refractivity contribution in [3.63, 3.8) is 0 Å². The highest BCUT2D eigenvalue weighted by Gasteiger charge is 2.10. The summed E-state index contributed by atoms with van der Waals surface area (Å²) in [5.74, 6) is 0.575. The summed E-state index contributed by atoms with van der Waals surface area (Å²) in [6.45, 7) is 2.71. The highest BCUT2D eigenvalue weighted by atomic mass is 16.5. The van der Waals surface area contributed by atoms with Crippen LogP contribution in [0.4, 0.5) is 0 Å². The fourth-order valence-corrected chi connectivity index (χ4v) is 2.48. The molecular weight excluding hydrogens is 332 g/mol. The lowest BCUT2D eigenvalue weighted by atomic mass is 10.1. The van der Waals surface area contributed by atoms with E-state index in [1.54, 1.807) is 26.4 Å². The quantitative estimate of drug-likeness (QED) is 0.712. The molecule has 6 heteroatoms. The second kappa shape index (κ2) is 9.46. The number of aryl methyl sites for hydroxylation is 1. The molecule has 0 saturated heterocycles. The Morgan fingerprint density at radius 1 is 0.846 bits per heavy atom. The van der Waals surface area contributed by atoms with Gasteiger partial charge in [0.15, 0.2) is 11.5 Å². The molecule has 0 atom stereocenters. The molecule has 0 bridgehead atoms. The van der Waals surface area contributed by atoms with Crippen LogP contribution in [0, 0.1) is 6.92 Å². The number of hydrogen-bond donors (Lipinski definition) is 2. The maximum absolute atomic E-state index is 11.9. The number of nitrogens with one attached hydrogen (secondary N) is 2. The minimum absolute atomic E-state index is 0.209. The van der Waals surface area contributed by atoms with Crippen molar-refractivity contribution in [1.29, 1.82) is 0 Å². The molecule has 0 aromatic heterocycles. The summed E-state index contributed by atoms with van der Waals surface area (Å²) in [5.41, 5.74) is 2.99. The number of rotatable bonds is 8. The Kier molecular flexibility index (Phi) is 7.02. The number of benzene rings is 2. The predicted octanol–water partition coefficient (Wildman–Crippen LogP) is 2.33. The van der Waals surface area contributed by atoms with Crippen LogP contribution in [0.15, 0.2) is 42.5 Å². The average Bonchev–Trinajstić information content (AvgIpc) is 2.64. The number of carbonyl (C=O) groups excluding carboxylic acids is 2. The van der Waals surface area contributed by atoms with Gasteiger partial charge in [-0.05, 0) is 30.2 Å². The van der Waals surface area contributed by atoms with Gasteiger partial charge in [-0.3, -0.25) is 9.59 Å². The molecule has 2 aromatic carbocycles. The highest BCUT2D eigenvalue weighted by molar-refractivity contribution is 5.96. The van der Waals surface area contributed by atoms with E-state index in [4.69, 9.17) is 9.47 Å². The van der Waals surface area contributed by atoms with Gasteiger partial charge >= 0.3 is 0 Å². The van der Waals surface area contributed by atoms with Crippen molar-refractivity contribution >= 4 is 11.8 Å². The average molecular weight is 356 g/mol. The molecule has 138 valence electrons. The van der Waals surface area contributed by atoms with Crippen molar-refractivity contribution in [2.75, 3.05) is 14.2 Å². The predicted molar refractivity (Wildman–Crippen MR) is 99.0 cm³/mol. The summed E-state index contributed by atoms with van der Waals surface area (Å²) in [5, 5.41) is 5.48. The highest BCUT2D eigenvalue weighted by Crippen LogP contribution is 2.27. The van der Waals surface area contributed by atoms with Crippen molar-refractivity contribution < 1.29 is 19.1 Å². The SMILES string of the molecule is COc1ccc(CNC(=O)CC(=O)NCc2cccc(C)c2)cc1OC.